The molecule has 1 aliphatic rings. The summed E-state index contributed by atoms with van der Waals surface area (Å²) >= 11 is 0. The van der Waals surface area contributed by atoms with Crippen LogP contribution in [0.2, 0.25) is 0 Å². The van der Waals surface area contributed by atoms with Crippen molar-refractivity contribution in [3.63, 3.8) is 0 Å². The van der Waals surface area contributed by atoms with Crippen molar-refractivity contribution < 1.29 is 9.13 Å². The maximum absolute atomic E-state index is 13.6. The normalized spacial score (nSPS) is 14.0. The fourth-order valence-electron chi connectivity index (χ4n) is 3.56. The number of hydrogen-bond acceptors (Lipinski definition) is 5. The van der Waals surface area contributed by atoms with Crippen LogP contribution in [0.3, 0.4) is 0 Å². The summed E-state index contributed by atoms with van der Waals surface area (Å²) in [6.07, 6.45) is 2.54. The lowest BCUT2D eigenvalue weighted by Gasteiger charge is -2.27. The molecule has 0 bridgehead atoms. The Morgan fingerprint density at radius 1 is 1.29 bits per heavy atom. The molecule has 0 unspecified atom stereocenters. The maximum atomic E-state index is 13.6. The van der Waals surface area contributed by atoms with Gasteiger partial charge in [-0.25, -0.2) is 9.37 Å². The zero-order chi connectivity index (χ0) is 19.7. The number of hydrogen-bond donors (Lipinski definition) is 1. The van der Waals surface area contributed by atoms with Crippen molar-refractivity contribution in [2.75, 3.05) is 13.7 Å². The van der Waals surface area contributed by atoms with Gasteiger partial charge in [-0.05, 0) is 36.8 Å². The fraction of sp³-hybridized carbons (Fsp3) is 0.286. The lowest BCUT2D eigenvalue weighted by Crippen LogP contribution is -2.35. The van der Waals surface area contributed by atoms with Crippen LogP contribution >= 0.6 is 0 Å². The molecule has 1 aliphatic heterocycles. The van der Waals surface area contributed by atoms with Gasteiger partial charge in [0.1, 0.15) is 17.4 Å². The highest BCUT2D eigenvalue weighted by Gasteiger charge is 2.21. The van der Waals surface area contributed by atoms with Gasteiger partial charge in [-0.2, -0.15) is 0 Å². The van der Waals surface area contributed by atoms with Crippen molar-refractivity contribution in [3.05, 3.63) is 75.3 Å². The van der Waals surface area contributed by atoms with Gasteiger partial charge in [0.15, 0.2) is 0 Å². The molecule has 0 atom stereocenters. The van der Waals surface area contributed by atoms with Crippen molar-refractivity contribution in [2.24, 2.45) is 0 Å². The lowest BCUT2D eigenvalue weighted by atomic mass is 10.1. The first-order valence-electron chi connectivity index (χ1n) is 9.13. The molecule has 28 heavy (non-hydrogen) atoms. The SMILES string of the molecule is COc1ccc(F)cc1-c1ccc(CN2CCc3nc(C)[nH]c(=O)c3C2)cn1. The first-order chi connectivity index (χ1) is 13.5. The highest BCUT2D eigenvalue weighted by molar-refractivity contribution is 5.67. The summed E-state index contributed by atoms with van der Waals surface area (Å²) in [4.78, 5) is 26.1. The molecule has 0 radical (unpaired) electrons. The average molecular weight is 380 g/mol. The maximum Gasteiger partial charge on any atom is 0.255 e. The Bertz CT molecular complexity index is 1060. The van der Waals surface area contributed by atoms with Crippen LogP contribution in [-0.4, -0.2) is 33.5 Å². The van der Waals surface area contributed by atoms with Gasteiger partial charge in [0, 0.05) is 37.8 Å². The van der Waals surface area contributed by atoms with Gasteiger partial charge in [0.25, 0.3) is 5.56 Å². The van der Waals surface area contributed by atoms with Gasteiger partial charge in [-0.1, -0.05) is 6.07 Å². The van der Waals surface area contributed by atoms with Gasteiger partial charge in [-0.3, -0.25) is 14.7 Å². The number of fused-ring (bicyclic) bond motifs is 1. The smallest absolute Gasteiger partial charge is 0.255 e. The van der Waals surface area contributed by atoms with E-state index in [-0.39, 0.29) is 11.4 Å². The second-order valence-corrected chi connectivity index (χ2v) is 6.93. The van der Waals surface area contributed by atoms with Gasteiger partial charge >= 0.3 is 0 Å². The predicted octanol–water partition coefficient (Wildman–Crippen LogP) is 2.85. The Morgan fingerprint density at radius 3 is 2.89 bits per heavy atom. The molecule has 6 nitrogen and oxygen atoms in total. The molecule has 144 valence electrons. The Balaban J connectivity index is 1.51. The van der Waals surface area contributed by atoms with Crippen LogP contribution in [0.5, 0.6) is 5.75 Å². The summed E-state index contributed by atoms with van der Waals surface area (Å²) in [5.74, 6) is 0.906. The van der Waals surface area contributed by atoms with E-state index in [0.29, 0.717) is 35.9 Å². The molecule has 1 aromatic carbocycles. The van der Waals surface area contributed by atoms with Crippen LogP contribution < -0.4 is 10.3 Å². The summed E-state index contributed by atoms with van der Waals surface area (Å²) in [7, 11) is 1.55. The van der Waals surface area contributed by atoms with E-state index < -0.39 is 0 Å². The highest BCUT2D eigenvalue weighted by atomic mass is 19.1. The Morgan fingerprint density at radius 2 is 2.14 bits per heavy atom. The van der Waals surface area contributed by atoms with Crippen molar-refractivity contribution in [3.8, 4) is 17.0 Å². The zero-order valence-corrected chi connectivity index (χ0v) is 15.8. The monoisotopic (exact) mass is 380 g/mol. The third kappa shape index (κ3) is 3.66. The number of nitrogens with one attached hydrogen (secondary N) is 1. The van der Waals surface area contributed by atoms with E-state index >= 15 is 0 Å². The average Bonchev–Trinajstić information content (AvgIpc) is 2.69. The first-order valence-corrected chi connectivity index (χ1v) is 9.13. The molecule has 0 amide bonds. The molecule has 0 saturated carbocycles. The lowest BCUT2D eigenvalue weighted by molar-refractivity contribution is 0.241. The van der Waals surface area contributed by atoms with Crippen LogP contribution in [0.4, 0.5) is 4.39 Å². The molecular formula is C21H21FN4O2. The number of halogens is 1. The topological polar surface area (TPSA) is 71.1 Å². The minimum Gasteiger partial charge on any atom is -0.496 e. The number of rotatable bonds is 4. The molecule has 2 aromatic heterocycles. The summed E-state index contributed by atoms with van der Waals surface area (Å²) < 4.78 is 18.9. The fourth-order valence-corrected chi connectivity index (χ4v) is 3.56. The number of aromatic nitrogens is 3. The summed E-state index contributed by atoms with van der Waals surface area (Å²) in [6, 6.07) is 8.22. The van der Waals surface area contributed by atoms with Crippen molar-refractivity contribution in [1.29, 1.82) is 0 Å². The van der Waals surface area contributed by atoms with E-state index in [0.717, 1.165) is 29.8 Å². The molecule has 0 spiro atoms. The third-order valence-electron chi connectivity index (χ3n) is 4.93. The number of aromatic amines is 1. The molecule has 7 heteroatoms. The molecular weight excluding hydrogens is 359 g/mol. The standard InChI is InChI=1S/C21H21FN4O2/c1-13-24-19-7-8-26(12-17(19)21(27)25-13)11-14-3-5-18(23-10-14)16-9-15(22)4-6-20(16)28-2/h3-6,9-10H,7-8,11-12H2,1-2H3,(H,24,25,27). The van der Waals surface area contributed by atoms with E-state index in [4.69, 9.17) is 4.74 Å². The summed E-state index contributed by atoms with van der Waals surface area (Å²) in [6.45, 7) is 3.88. The van der Waals surface area contributed by atoms with E-state index in [1.165, 1.54) is 12.1 Å². The molecule has 3 aromatic rings. The minimum atomic E-state index is -0.331. The van der Waals surface area contributed by atoms with Gasteiger partial charge in [0.05, 0.1) is 24.1 Å². The molecule has 0 saturated heterocycles. The van der Waals surface area contributed by atoms with Crippen molar-refractivity contribution in [1.82, 2.24) is 19.9 Å². The second-order valence-electron chi connectivity index (χ2n) is 6.93. The molecule has 1 N–H and O–H groups in total. The zero-order valence-electron chi connectivity index (χ0n) is 15.8. The summed E-state index contributed by atoms with van der Waals surface area (Å²) in [5.41, 5.74) is 3.88. The van der Waals surface area contributed by atoms with Crippen LogP contribution in [0.1, 0.15) is 22.6 Å². The minimum absolute atomic E-state index is 0.0566. The van der Waals surface area contributed by atoms with E-state index in [9.17, 15) is 9.18 Å². The quantitative estimate of drug-likeness (QED) is 0.754. The first kappa shape index (κ1) is 18.3. The highest BCUT2D eigenvalue weighted by Crippen LogP contribution is 2.29. The van der Waals surface area contributed by atoms with E-state index in [2.05, 4.69) is 19.9 Å². The Hall–Kier alpha value is -3.06. The van der Waals surface area contributed by atoms with Crippen LogP contribution in [0.25, 0.3) is 11.3 Å². The van der Waals surface area contributed by atoms with Crippen molar-refractivity contribution in [2.45, 2.75) is 26.4 Å². The number of H-pyrrole nitrogens is 1. The van der Waals surface area contributed by atoms with Crippen LogP contribution in [-0.2, 0) is 19.5 Å². The number of ether oxygens (including phenoxy) is 1. The molecule has 0 fully saturated rings. The number of nitrogens with zero attached hydrogens (tertiary/aromatic N) is 3. The second kappa shape index (κ2) is 7.52. The Kier molecular flexibility index (Phi) is 4.92. The number of benzene rings is 1. The Labute approximate surface area is 162 Å². The van der Waals surface area contributed by atoms with Gasteiger partial charge in [0.2, 0.25) is 0 Å². The largest absolute Gasteiger partial charge is 0.496 e. The number of methoxy groups -OCH3 is 1. The predicted molar refractivity (Wildman–Crippen MR) is 104 cm³/mol. The van der Waals surface area contributed by atoms with Crippen molar-refractivity contribution >= 4 is 0 Å². The van der Waals surface area contributed by atoms with E-state index in [1.807, 2.05) is 12.1 Å². The number of aryl methyl sites for hydroxylation is 1. The van der Waals surface area contributed by atoms with E-state index in [1.54, 1.807) is 26.3 Å². The third-order valence-corrected chi connectivity index (χ3v) is 4.93. The molecule has 4 rings (SSSR count). The molecule has 0 aliphatic carbocycles. The van der Waals surface area contributed by atoms with Crippen LogP contribution in [0, 0.1) is 12.7 Å². The summed E-state index contributed by atoms with van der Waals surface area (Å²) in [5, 5.41) is 0. The van der Waals surface area contributed by atoms with Gasteiger partial charge in [-0.15, -0.1) is 0 Å². The van der Waals surface area contributed by atoms with Crippen LogP contribution in [0.15, 0.2) is 41.3 Å². The molecule has 3 heterocycles. The number of pyridine rings is 1. The van der Waals surface area contributed by atoms with Gasteiger partial charge < -0.3 is 9.72 Å².